The molecule has 1 saturated heterocycles. The second-order valence-electron chi connectivity index (χ2n) is 4.11. The van der Waals surface area contributed by atoms with E-state index in [0.29, 0.717) is 23.7 Å². The predicted octanol–water partition coefficient (Wildman–Crippen LogP) is 1.35. The van der Waals surface area contributed by atoms with Gasteiger partial charge in [0.15, 0.2) is 5.13 Å². The zero-order chi connectivity index (χ0) is 10.8. The van der Waals surface area contributed by atoms with Crippen molar-refractivity contribution in [1.29, 1.82) is 0 Å². The Kier molecular flexibility index (Phi) is 4.98. The number of nitrogens with zero attached hydrogens (tertiary/aromatic N) is 2. The smallest absolute Gasteiger partial charge is 0.180 e. The van der Waals surface area contributed by atoms with Crippen LogP contribution in [-0.4, -0.2) is 34.2 Å². The van der Waals surface area contributed by atoms with Gasteiger partial charge in [-0.1, -0.05) is 0 Å². The van der Waals surface area contributed by atoms with Crippen LogP contribution in [0.5, 0.6) is 0 Å². The van der Waals surface area contributed by atoms with E-state index >= 15 is 0 Å². The number of hydrogen-bond donors (Lipinski definition) is 2. The number of aromatic nitrogens is 1. The highest BCUT2D eigenvalue weighted by molar-refractivity contribution is 7.15. The van der Waals surface area contributed by atoms with Crippen LogP contribution in [0.1, 0.15) is 18.2 Å². The lowest BCUT2D eigenvalue weighted by Crippen LogP contribution is -2.30. The Morgan fingerprint density at radius 1 is 1.69 bits per heavy atom. The molecule has 2 unspecified atom stereocenters. The fourth-order valence-electron chi connectivity index (χ4n) is 2.14. The van der Waals surface area contributed by atoms with Crippen molar-refractivity contribution in [2.24, 2.45) is 5.92 Å². The van der Waals surface area contributed by atoms with E-state index in [1.165, 1.54) is 4.88 Å². The van der Waals surface area contributed by atoms with Crippen LogP contribution in [0.25, 0.3) is 0 Å². The topological polar surface area (TPSA) is 62.4 Å². The Morgan fingerprint density at radius 2 is 2.44 bits per heavy atom. The summed E-state index contributed by atoms with van der Waals surface area (Å²) in [5.41, 5.74) is 5.59. The molecule has 3 N–H and O–H groups in total. The molecule has 1 aromatic heterocycles. The first-order chi connectivity index (χ1) is 7.20. The van der Waals surface area contributed by atoms with E-state index in [0.717, 1.165) is 19.5 Å². The number of aliphatic hydroxyl groups excluding tert-OH is 1. The third-order valence-electron chi connectivity index (χ3n) is 3.21. The molecular weight excluding hydrogens is 246 g/mol. The molecule has 0 saturated carbocycles. The van der Waals surface area contributed by atoms with Crippen LogP contribution < -0.4 is 5.73 Å². The average Bonchev–Trinajstić information content (AvgIpc) is 2.76. The molecule has 16 heavy (non-hydrogen) atoms. The highest BCUT2D eigenvalue weighted by Gasteiger charge is 2.30. The number of aliphatic hydroxyl groups is 1. The molecule has 1 aromatic rings. The molecular formula is C10H18ClN3OS. The van der Waals surface area contributed by atoms with Crippen molar-refractivity contribution in [3.05, 3.63) is 11.1 Å². The molecule has 6 heteroatoms. The van der Waals surface area contributed by atoms with Gasteiger partial charge in [0.1, 0.15) is 0 Å². The zero-order valence-corrected chi connectivity index (χ0v) is 10.9. The normalized spacial score (nSPS) is 25.6. The molecule has 2 rings (SSSR count). The molecule has 0 spiro atoms. The second kappa shape index (κ2) is 5.82. The first-order valence-electron chi connectivity index (χ1n) is 5.26. The van der Waals surface area contributed by atoms with Crippen molar-refractivity contribution in [1.82, 2.24) is 9.88 Å². The van der Waals surface area contributed by atoms with Crippen LogP contribution in [0.15, 0.2) is 6.20 Å². The quantitative estimate of drug-likeness (QED) is 0.864. The number of nitrogens with two attached hydrogens (primary N) is 1. The van der Waals surface area contributed by atoms with Crippen LogP contribution >= 0.6 is 23.7 Å². The Morgan fingerprint density at radius 3 is 2.94 bits per heavy atom. The fourth-order valence-corrected chi connectivity index (χ4v) is 2.85. The van der Waals surface area contributed by atoms with Crippen LogP contribution in [0.2, 0.25) is 0 Å². The largest absolute Gasteiger partial charge is 0.396 e. The molecule has 1 fully saturated rings. The molecule has 0 amide bonds. The lowest BCUT2D eigenvalue weighted by atomic mass is 10.0. The molecule has 0 radical (unpaired) electrons. The minimum atomic E-state index is 0. The average molecular weight is 264 g/mol. The van der Waals surface area contributed by atoms with E-state index < -0.39 is 0 Å². The molecule has 0 bridgehead atoms. The number of halogens is 1. The van der Waals surface area contributed by atoms with E-state index in [1.54, 1.807) is 11.3 Å². The van der Waals surface area contributed by atoms with Gasteiger partial charge in [-0.15, -0.1) is 23.7 Å². The Hall–Kier alpha value is -0.360. The zero-order valence-electron chi connectivity index (χ0n) is 9.30. The first-order valence-corrected chi connectivity index (χ1v) is 6.07. The van der Waals surface area contributed by atoms with E-state index in [2.05, 4.69) is 16.8 Å². The Bertz CT molecular complexity index is 334. The number of rotatable bonds is 3. The highest BCUT2D eigenvalue weighted by atomic mass is 35.5. The van der Waals surface area contributed by atoms with E-state index in [4.69, 9.17) is 10.8 Å². The molecule has 1 aliphatic heterocycles. The fraction of sp³-hybridized carbons (Fsp3) is 0.700. The summed E-state index contributed by atoms with van der Waals surface area (Å²) in [5.74, 6) is 0.426. The summed E-state index contributed by atoms with van der Waals surface area (Å²) in [6.45, 7) is 4.44. The van der Waals surface area contributed by atoms with E-state index in [9.17, 15) is 0 Å². The summed E-state index contributed by atoms with van der Waals surface area (Å²) in [7, 11) is 0. The number of thiazole rings is 1. The molecule has 2 heterocycles. The Labute approximate surface area is 106 Å². The van der Waals surface area contributed by atoms with Gasteiger partial charge >= 0.3 is 0 Å². The predicted molar refractivity (Wildman–Crippen MR) is 68.8 cm³/mol. The third kappa shape index (κ3) is 2.85. The van der Waals surface area contributed by atoms with Crippen molar-refractivity contribution in [3.63, 3.8) is 0 Å². The summed E-state index contributed by atoms with van der Waals surface area (Å²) in [6.07, 6.45) is 2.94. The standard InChI is InChI=1S/C10H17N3OS.ClH/c1-7-8(6-14)2-3-13(7)5-9-4-12-10(11)15-9;/h4,7-8,14H,2-3,5-6H2,1H3,(H2,11,12);1H. The lowest BCUT2D eigenvalue weighted by molar-refractivity contribution is 0.173. The maximum atomic E-state index is 9.17. The van der Waals surface area contributed by atoms with Crippen molar-refractivity contribution >= 4 is 28.9 Å². The molecule has 4 nitrogen and oxygen atoms in total. The summed E-state index contributed by atoms with van der Waals surface area (Å²) < 4.78 is 0. The van der Waals surface area contributed by atoms with Crippen molar-refractivity contribution in [2.45, 2.75) is 25.9 Å². The van der Waals surface area contributed by atoms with Gasteiger partial charge in [-0.05, 0) is 25.8 Å². The minimum absolute atomic E-state index is 0. The van der Waals surface area contributed by atoms with Gasteiger partial charge < -0.3 is 10.8 Å². The molecule has 92 valence electrons. The van der Waals surface area contributed by atoms with Crippen LogP contribution in [-0.2, 0) is 6.54 Å². The highest BCUT2D eigenvalue weighted by Crippen LogP contribution is 2.27. The van der Waals surface area contributed by atoms with Crippen LogP contribution in [0.3, 0.4) is 0 Å². The van der Waals surface area contributed by atoms with Gasteiger partial charge in [-0.3, -0.25) is 4.90 Å². The van der Waals surface area contributed by atoms with Crippen molar-refractivity contribution in [2.75, 3.05) is 18.9 Å². The molecule has 1 aliphatic rings. The maximum absolute atomic E-state index is 9.17. The van der Waals surface area contributed by atoms with Gasteiger partial charge in [0.25, 0.3) is 0 Å². The monoisotopic (exact) mass is 263 g/mol. The second-order valence-corrected chi connectivity index (χ2v) is 5.25. The summed E-state index contributed by atoms with van der Waals surface area (Å²) in [6, 6.07) is 0.457. The minimum Gasteiger partial charge on any atom is -0.396 e. The SMILES string of the molecule is CC1C(CO)CCN1Cc1cnc(N)s1.Cl. The lowest BCUT2D eigenvalue weighted by Gasteiger charge is -2.22. The van der Waals surface area contributed by atoms with Crippen LogP contribution in [0, 0.1) is 5.92 Å². The van der Waals surface area contributed by atoms with Gasteiger partial charge in [-0.2, -0.15) is 0 Å². The number of hydrogen-bond acceptors (Lipinski definition) is 5. The number of anilines is 1. The summed E-state index contributed by atoms with van der Waals surface area (Å²) in [5, 5.41) is 9.80. The number of nitrogen functional groups attached to an aromatic ring is 1. The van der Waals surface area contributed by atoms with Crippen molar-refractivity contribution < 1.29 is 5.11 Å². The van der Waals surface area contributed by atoms with E-state index in [-0.39, 0.29) is 12.4 Å². The van der Waals surface area contributed by atoms with Gasteiger partial charge in [0.2, 0.25) is 0 Å². The van der Waals surface area contributed by atoms with Crippen molar-refractivity contribution in [3.8, 4) is 0 Å². The molecule has 0 aromatic carbocycles. The van der Waals surface area contributed by atoms with E-state index in [1.807, 2.05) is 6.20 Å². The van der Waals surface area contributed by atoms with Crippen LogP contribution in [0.4, 0.5) is 5.13 Å². The number of likely N-dealkylation sites (tertiary alicyclic amines) is 1. The third-order valence-corrected chi connectivity index (χ3v) is 4.02. The first kappa shape index (κ1) is 13.7. The summed E-state index contributed by atoms with van der Waals surface area (Å²) in [4.78, 5) is 7.63. The molecule has 0 aliphatic carbocycles. The molecule has 2 atom stereocenters. The maximum Gasteiger partial charge on any atom is 0.180 e. The van der Waals surface area contributed by atoms with Gasteiger partial charge in [0, 0.05) is 30.3 Å². The van der Waals surface area contributed by atoms with Gasteiger partial charge in [0.05, 0.1) is 0 Å². The Balaban J connectivity index is 0.00000128. The van der Waals surface area contributed by atoms with Gasteiger partial charge in [-0.25, -0.2) is 4.98 Å². The summed E-state index contributed by atoms with van der Waals surface area (Å²) >= 11 is 1.55.